The van der Waals surface area contributed by atoms with E-state index in [1.165, 1.54) is 55.8 Å². The molecule has 10 nitrogen and oxygen atoms in total. The lowest BCUT2D eigenvalue weighted by Crippen LogP contribution is -2.51. The molecule has 2 aromatic carbocycles. The number of phenolic OH excluding ortho intramolecular Hbond substituents is 1. The number of halogens is 1. The molecule has 0 spiro atoms. The molecule has 36 heavy (non-hydrogen) atoms. The quantitative estimate of drug-likeness (QED) is 0.307. The molecule has 2 heterocycles. The summed E-state index contributed by atoms with van der Waals surface area (Å²) >= 11 is 0. The molecule has 2 amide bonds. The van der Waals surface area contributed by atoms with Gasteiger partial charge in [0.25, 0.3) is 11.8 Å². The Kier molecular flexibility index (Phi) is 7.11. The van der Waals surface area contributed by atoms with Crippen molar-refractivity contribution in [3.63, 3.8) is 0 Å². The molecule has 0 unspecified atom stereocenters. The lowest BCUT2D eigenvalue weighted by atomic mass is 10.00. The summed E-state index contributed by atoms with van der Waals surface area (Å²) in [6.07, 6.45) is 1.38. The van der Waals surface area contributed by atoms with Gasteiger partial charge in [0.05, 0.1) is 19.2 Å². The van der Waals surface area contributed by atoms with E-state index >= 15 is 0 Å². The number of hydrogen-bond donors (Lipinski definition) is 5. The van der Waals surface area contributed by atoms with Crippen molar-refractivity contribution in [1.82, 2.24) is 20.9 Å². The summed E-state index contributed by atoms with van der Waals surface area (Å²) in [5, 5.41) is 18.7. The van der Waals surface area contributed by atoms with Gasteiger partial charge < -0.3 is 30.8 Å². The Balaban J connectivity index is 1.43. The van der Waals surface area contributed by atoms with E-state index < -0.39 is 52.4 Å². The summed E-state index contributed by atoms with van der Waals surface area (Å²) in [7, 11) is 1.25. The van der Waals surface area contributed by atoms with Crippen LogP contribution in [0.3, 0.4) is 0 Å². The van der Waals surface area contributed by atoms with Crippen LogP contribution in [0.25, 0.3) is 0 Å². The predicted octanol–water partition coefficient (Wildman–Crippen LogP) is 0.959. The van der Waals surface area contributed by atoms with Crippen molar-refractivity contribution in [1.29, 1.82) is 0 Å². The molecule has 11 heteroatoms. The second-order valence-electron chi connectivity index (χ2n) is 8.14. The second-order valence-corrected chi connectivity index (χ2v) is 8.14. The van der Waals surface area contributed by atoms with E-state index in [9.17, 15) is 28.7 Å². The van der Waals surface area contributed by atoms with Gasteiger partial charge in [-0.15, -0.1) is 0 Å². The number of hydrogen-bond acceptors (Lipinski definition) is 7. The third-order valence-electron chi connectivity index (χ3n) is 5.83. The summed E-state index contributed by atoms with van der Waals surface area (Å²) in [5.41, 5.74) is -0.409. The Bertz CT molecular complexity index is 1370. The normalized spacial score (nSPS) is 16.8. The van der Waals surface area contributed by atoms with Crippen LogP contribution in [0.2, 0.25) is 0 Å². The molecule has 0 radical (unpaired) electrons. The third-order valence-corrected chi connectivity index (χ3v) is 5.83. The number of methoxy groups -OCH3 is 1. The van der Waals surface area contributed by atoms with Crippen LogP contribution in [0.5, 0.6) is 11.5 Å². The summed E-state index contributed by atoms with van der Waals surface area (Å²) in [5.74, 6) is -3.33. The molecular weight excluding hydrogens is 471 g/mol. The first-order valence-electron chi connectivity index (χ1n) is 11.0. The molecule has 4 rings (SSSR count). The molecule has 1 aliphatic rings. The number of ketones is 1. The van der Waals surface area contributed by atoms with Crippen LogP contribution < -0.4 is 26.2 Å². The van der Waals surface area contributed by atoms with Gasteiger partial charge in [-0.25, -0.2) is 4.39 Å². The highest BCUT2D eigenvalue weighted by Crippen LogP contribution is 2.30. The summed E-state index contributed by atoms with van der Waals surface area (Å²) in [4.78, 5) is 51.9. The van der Waals surface area contributed by atoms with E-state index in [4.69, 9.17) is 4.74 Å². The van der Waals surface area contributed by atoms with E-state index in [0.29, 0.717) is 13.1 Å². The Labute approximate surface area is 204 Å². The summed E-state index contributed by atoms with van der Waals surface area (Å²) in [6, 6.07) is 9.72. The number of pyridine rings is 1. The summed E-state index contributed by atoms with van der Waals surface area (Å²) < 4.78 is 19.4. The van der Waals surface area contributed by atoms with Gasteiger partial charge in [-0.05, 0) is 30.3 Å². The Morgan fingerprint density at radius 2 is 1.56 bits per heavy atom. The SMILES string of the molecule is COc1ccc(O)c(C(=O)c2ccc(C(=O)N[C@@H]3CNC[C@H]3NC(=O)c3cc[nH]c(=O)c3)cc2)c1F. The Morgan fingerprint density at radius 1 is 0.944 bits per heavy atom. The fraction of sp³-hybridized carbons (Fsp3) is 0.200. The van der Waals surface area contributed by atoms with Gasteiger partial charge >= 0.3 is 0 Å². The molecule has 0 aliphatic carbocycles. The molecule has 1 fully saturated rings. The molecule has 1 aliphatic heterocycles. The Morgan fingerprint density at radius 3 is 2.17 bits per heavy atom. The average Bonchev–Trinajstić information content (AvgIpc) is 3.30. The van der Waals surface area contributed by atoms with Crippen molar-refractivity contribution in [2.45, 2.75) is 12.1 Å². The highest BCUT2D eigenvalue weighted by molar-refractivity contribution is 6.11. The minimum Gasteiger partial charge on any atom is -0.507 e. The number of carbonyl (C=O) groups is 3. The largest absolute Gasteiger partial charge is 0.507 e. The third kappa shape index (κ3) is 5.10. The number of nitrogens with one attached hydrogen (secondary N) is 4. The number of amides is 2. The van der Waals surface area contributed by atoms with Gasteiger partial charge in [0.1, 0.15) is 11.3 Å². The van der Waals surface area contributed by atoms with E-state index in [1.807, 2.05) is 0 Å². The maximum atomic E-state index is 14.5. The molecule has 186 valence electrons. The molecule has 5 N–H and O–H groups in total. The molecule has 2 atom stereocenters. The van der Waals surface area contributed by atoms with Crippen molar-refractivity contribution < 1.29 is 28.6 Å². The van der Waals surface area contributed by atoms with Crippen LogP contribution in [0.4, 0.5) is 4.39 Å². The van der Waals surface area contributed by atoms with Gasteiger partial charge in [0, 0.05) is 42.0 Å². The number of aromatic nitrogens is 1. The lowest BCUT2D eigenvalue weighted by molar-refractivity contribution is 0.0896. The molecule has 1 aromatic heterocycles. The lowest BCUT2D eigenvalue weighted by Gasteiger charge is -2.21. The van der Waals surface area contributed by atoms with E-state index in [2.05, 4.69) is 20.9 Å². The maximum Gasteiger partial charge on any atom is 0.251 e. The van der Waals surface area contributed by atoms with Gasteiger partial charge in [0.15, 0.2) is 17.3 Å². The minimum atomic E-state index is -0.980. The number of carbonyl (C=O) groups excluding carboxylic acids is 3. The standard InChI is InChI=1S/C25H23FN4O6/c1-36-19-7-6-18(31)21(22(19)26)23(33)13-2-4-14(5-3-13)24(34)29-16-11-27-12-17(16)30-25(35)15-8-9-28-20(32)10-15/h2-10,16-17,27,31H,11-12H2,1H3,(H,28,32)(H,29,34)(H,30,35)/t16-,17-/m1/s1. The van der Waals surface area contributed by atoms with Crippen LogP contribution in [0, 0.1) is 5.82 Å². The molecule has 0 bridgehead atoms. The zero-order valence-electron chi connectivity index (χ0n) is 19.1. The van der Waals surface area contributed by atoms with Crippen molar-refractivity contribution in [2.75, 3.05) is 20.2 Å². The van der Waals surface area contributed by atoms with E-state index in [-0.39, 0.29) is 22.4 Å². The van der Waals surface area contributed by atoms with Crippen LogP contribution in [-0.4, -0.2) is 60.0 Å². The Hall–Kier alpha value is -4.51. The second kappa shape index (κ2) is 10.4. The van der Waals surface area contributed by atoms with Gasteiger partial charge in [0.2, 0.25) is 5.56 Å². The number of ether oxygens (including phenoxy) is 1. The van der Waals surface area contributed by atoms with Crippen LogP contribution in [-0.2, 0) is 0 Å². The van der Waals surface area contributed by atoms with Gasteiger partial charge in [-0.1, -0.05) is 12.1 Å². The van der Waals surface area contributed by atoms with Crippen molar-refractivity contribution in [3.8, 4) is 11.5 Å². The number of H-pyrrole nitrogens is 1. The first-order chi connectivity index (χ1) is 17.3. The van der Waals surface area contributed by atoms with Gasteiger partial charge in [-0.3, -0.25) is 19.2 Å². The molecule has 3 aromatic rings. The number of rotatable bonds is 7. The van der Waals surface area contributed by atoms with Crippen molar-refractivity contribution >= 4 is 17.6 Å². The predicted molar refractivity (Wildman–Crippen MR) is 127 cm³/mol. The van der Waals surface area contributed by atoms with Gasteiger partial charge in [-0.2, -0.15) is 0 Å². The molecule has 1 saturated heterocycles. The first-order valence-corrected chi connectivity index (χ1v) is 11.0. The number of aromatic hydroxyl groups is 1. The van der Waals surface area contributed by atoms with Crippen LogP contribution >= 0.6 is 0 Å². The van der Waals surface area contributed by atoms with Crippen LogP contribution in [0.15, 0.2) is 59.5 Å². The fourth-order valence-electron chi connectivity index (χ4n) is 3.91. The highest BCUT2D eigenvalue weighted by atomic mass is 19.1. The van der Waals surface area contributed by atoms with E-state index in [0.717, 1.165) is 6.07 Å². The average molecular weight is 494 g/mol. The number of phenols is 1. The van der Waals surface area contributed by atoms with Crippen molar-refractivity contribution in [3.05, 3.63) is 93.2 Å². The smallest absolute Gasteiger partial charge is 0.251 e. The number of aromatic amines is 1. The zero-order chi connectivity index (χ0) is 25.8. The zero-order valence-corrected chi connectivity index (χ0v) is 19.1. The highest BCUT2D eigenvalue weighted by Gasteiger charge is 2.30. The van der Waals surface area contributed by atoms with Crippen LogP contribution in [0.1, 0.15) is 36.6 Å². The maximum absolute atomic E-state index is 14.5. The topological polar surface area (TPSA) is 150 Å². The summed E-state index contributed by atoms with van der Waals surface area (Å²) in [6.45, 7) is 0.833. The first kappa shape index (κ1) is 24.6. The molecular formula is C25H23FN4O6. The molecule has 0 saturated carbocycles. The monoisotopic (exact) mass is 494 g/mol. The van der Waals surface area contributed by atoms with E-state index in [1.54, 1.807) is 0 Å². The minimum absolute atomic E-state index is 0.0690. The number of benzene rings is 2. The fourth-order valence-corrected chi connectivity index (χ4v) is 3.91. The van der Waals surface area contributed by atoms with Crippen molar-refractivity contribution in [2.24, 2.45) is 0 Å².